The predicted molar refractivity (Wildman–Crippen MR) is 119 cm³/mol. The summed E-state index contributed by atoms with van der Waals surface area (Å²) in [6.45, 7) is 8.78. The van der Waals surface area contributed by atoms with Crippen LogP contribution in [0.4, 0.5) is 10.2 Å². The van der Waals surface area contributed by atoms with Crippen LogP contribution in [0.1, 0.15) is 44.6 Å². The SMILES string of the molecule is CCNC(=NCc1cc(C(C)C)no1)NC1CCN(c2ncccc2F)C1.I. The molecule has 0 saturated carbocycles. The number of nitrogens with zero attached hydrogens (tertiary/aromatic N) is 4. The minimum Gasteiger partial charge on any atom is -0.359 e. The van der Waals surface area contributed by atoms with Crippen LogP contribution in [-0.2, 0) is 6.54 Å². The Hall–Kier alpha value is -1.91. The summed E-state index contributed by atoms with van der Waals surface area (Å²) >= 11 is 0. The molecular weight excluding hydrogens is 474 g/mol. The molecule has 0 bridgehead atoms. The first-order valence-corrected chi connectivity index (χ1v) is 9.42. The van der Waals surface area contributed by atoms with Gasteiger partial charge in [0.25, 0.3) is 0 Å². The van der Waals surface area contributed by atoms with Crippen molar-refractivity contribution in [1.82, 2.24) is 20.8 Å². The van der Waals surface area contributed by atoms with Crippen LogP contribution >= 0.6 is 24.0 Å². The van der Waals surface area contributed by atoms with E-state index in [0.29, 0.717) is 30.8 Å². The van der Waals surface area contributed by atoms with Crippen molar-refractivity contribution in [1.29, 1.82) is 0 Å². The Morgan fingerprint density at radius 3 is 2.96 bits per heavy atom. The number of hydrogen-bond acceptors (Lipinski definition) is 5. The third-order valence-electron chi connectivity index (χ3n) is 4.47. The number of nitrogens with one attached hydrogen (secondary N) is 2. The highest BCUT2D eigenvalue weighted by molar-refractivity contribution is 14.0. The van der Waals surface area contributed by atoms with Gasteiger partial charge >= 0.3 is 0 Å². The lowest BCUT2D eigenvalue weighted by molar-refractivity contribution is 0.376. The third-order valence-corrected chi connectivity index (χ3v) is 4.47. The van der Waals surface area contributed by atoms with Gasteiger partial charge in [-0.1, -0.05) is 19.0 Å². The van der Waals surface area contributed by atoms with Gasteiger partial charge in [0.2, 0.25) is 0 Å². The van der Waals surface area contributed by atoms with Gasteiger partial charge in [0.15, 0.2) is 23.4 Å². The van der Waals surface area contributed by atoms with E-state index in [1.165, 1.54) is 6.07 Å². The van der Waals surface area contributed by atoms with E-state index in [1.807, 2.05) is 17.9 Å². The molecule has 0 spiro atoms. The van der Waals surface area contributed by atoms with Gasteiger partial charge in [-0.05, 0) is 31.4 Å². The minimum absolute atomic E-state index is 0. The number of guanidine groups is 1. The first-order chi connectivity index (χ1) is 13.1. The summed E-state index contributed by atoms with van der Waals surface area (Å²) < 4.78 is 19.3. The van der Waals surface area contributed by atoms with Gasteiger partial charge in [-0.25, -0.2) is 14.4 Å². The van der Waals surface area contributed by atoms with Crippen LogP contribution in [0.25, 0.3) is 0 Å². The van der Waals surface area contributed by atoms with Gasteiger partial charge in [-0.3, -0.25) is 0 Å². The molecule has 3 heterocycles. The number of aliphatic imine (C=N–C) groups is 1. The first-order valence-electron chi connectivity index (χ1n) is 9.42. The zero-order valence-electron chi connectivity index (χ0n) is 16.5. The third kappa shape index (κ3) is 5.79. The molecule has 3 rings (SSSR count). The number of aromatic nitrogens is 2. The van der Waals surface area contributed by atoms with Crippen LogP contribution in [0.3, 0.4) is 0 Å². The van der Waals surface area contributed by atoms with Crippen molar-refractivity contribution in [3.8, 4) is 0 Å². The van der Waals surface area contributed by atoms with Crippen LogP contribution in [-0.4, -0.2) is 41.8 Å². The lowest BCUT2D eigenvalue weighted by Crippen LogP contribution is -2.44. The van der Waals surface area contributed by atoms with Crippen molar-refractivity contribution in [3.63, 3.8) is 0 Å². The molecule has 1 atom stereocenters. The Morgan fingerprint density at radius 2 is 2.29 bits per heavy atom. The average Bonchev–Trinajstić information content (AvgIpc) is 3.30. The molecule has 1 aliphatic heterocycles. The smallest absolute Gasteiger partial charge is 0.191 e. The van der Waals surface area contributed by atoms with E-state index in [4.69, 9.17) is 4.52 Å². The van der Waals surface area contributed by atoms with Crippen LogP contribution in [0, 0.1) is 5.82 Å². The molecule has 154 valence electrons. The molecule has 0 radical (unpaired) electrons. The molecule has 2 aromatic heterocycles. The molecule has 0 aromatic carbocycles. The minimum atomic E-state index is -0.287. The molecule has 9 heteroatoms. The summed E-state index contributed by atoms with van der Waals surface area (Å²) in [5, 5.41) is 10.7. The van der Waals surface area contributed by atoms with E-state index in [0.717, 1.165) is 31.0 Å². The maximum Gasteiger partial charge on any atom is 0.191 e. The summed E-state index contributed by atoms with van der Waals surface area (Å²) in [5.41, 5.74) is 0.932. The van der Waals surface area contributed by atoms with Crippen LogP contribution in [0.5, 0.6) is 0 Å². The molecule has 0 amide bonds. The predicted octanol–water partition coefficient (Wildman–Crippen LogP) is 3.28. The summed E-state index contributed by atoms with van der Waals surface area (Å²) in [7, 11) is 0. The molecular formula is C19H28FIN6O. The fraction of sp³-hybridized carbons (Fsp3) is 0.526. The van der Waals surface area contributed by atoms with Gasteiger partial charge in [0.1, 0.15) is 6.54 Å². The lowest BCUT2D eigenvalue weighted by Gasteiger charge is -2.19. The second-order valence-electron chi connectivity index (χ2n) is 6.95. The number of anilines is 1. The summed E-state index contributed by atoms with van der Waals surface area (Å²) in [6, 6.07) is 5.16. The highest BCUT2D eigenvalue weighted by Gasteiger charge is 2.26. The van der Waals surface area contributed by atoms with Crippen molar-refractivity contribution in [2.45, 2.75) is 45.7 Å². The Morgan fingerprint density at radius 1 is 1.46 bits per heavy atom. The van der Waals surface area contributed by atoms with Crippen molar-refractivity contribution < 1.29 is 8.91 Å². The number of hydrogen-bond donors (Lipinski definition) is 2. The molecule has 1 unspecified atom stereocenters. The topological polar surface area (TPSA) is 78.6 Å². The molecule has 28 heavy (non-hydrogen) atoms. The molecule has 0 aliphatic carbocycles. The highest BCUT2D eigenvalue weighted by atomic mass is 127. The molecule has 2 N–H and O–H groups in total. The van der Waals surface area contributed by atoms with Crippen molar-refractivity contribution >= 4 is 35.8 Å². The van der Waals surface area contributed by atoms with E-state index >= 15 is 0 Å². The monoisotopic (exact) mass is 502 g/mol. The van der Waals surface area contributed by atoms with E-state index < -0.39 is 0 Å². The van der Waals surface area contributed by atoms with Gasteiger partial charge < -0.3 is 20.1 Å². The van der Waals surface area contributed by atoms with E-state index in [2.05, 4.69) is 39.6 Å². The van der Waals surface area contributed by atoms with Crippen molar-refractivity contribution in [3.05, 3.63) is 41.7 Å². The molecule has 2 aromatic rings. The quantitative estimate of drug-likeness (QED) is 0.359. The van der Waals surface area contributed by atoms with E-state index in [1.54, 1.807) is 12.3 Å². The Bertz CT molecular complexity index is 781. The Kier molecular flexibility index (Phi) is 8.46. The van der Waals surface area contributed by atoms with Crippen molar-refractivity contribution in [2.75, 3.05) is 24.5 Å². The Balaban J connectivity index is 0.00000280. The zero-order valence-corrected chi connectivity index (χ0v) is 18.8. The molecule has 1 aliphatic rings. The number of pyridine rings is 1. The highest BCUT2D eigenvalue weighted by Crippen LogP contribution is 2.20. The van der Waals surface area contributed by atoms with Gasteiger partial charge in [0, 0.05) is 37.9 Å². The largest absolute Gasteiger partial charge is 0.359 e. The zero-order chi connectivity index (χ0) is 19.2. The fourth-order valence-corrected chi connectivity index (χ4v) is 3.03. The normalized spacial score (nSPS) is 17.0. The average molecular weight is 502 g/mol. The molecule has 7 nitrogen and oxygen atoms in total. The Labute approximate surface area is 182 Å². The standard InChI is InChI=1S/C19H27FN6O.HI/c1-4-21-19(23-11-15-10-17(13(2)3)25-27-15)24-14-7-9-26(12-14)18-16(20)6-5-8-22-18;/h5-6,8,10,13-14H,4,7,9,11-12H2,1-3H3,(H2,21,23,24);1H. The van der Waals surface area contributed by atoms with Crippen molar-refractivity contribution in [2.24, 2.45) is 4.99 Å². The summed E-state index contributed by atoms with van der Waals surface area (Å²) in [4.78, 5) is 10.7. The molecule has 1 fully saturated rings. The van der Waals surface area contributed by atoms with Crippen LogP contribution < -0.4 is 15.5 Å². The van der Waals surface area contributed by atoms with E-state index in [9.17, 15) is 4.39 Å². The number of rotatable bonds is 6. The van der Waals surface area contributed by atoms with Crippen LogP contribution in [0.2, 0.25) is 0 Å². The van der Waals surface area contributed by atoms with Gasteiger partial charge in [-0.15, -0.1) is 24.0 Å². The maximum atomic E-state index is 13.9. The lowest BCUT2D eigenvalue weighted by atomic mass is 10.1. The van der Waals surface area contributed by atoms with E-state index in [-0.39, 0.29) is 35.8 Å². The molecule has 1 saturated heterocycles. The maximum absolute atomic E-state index is 13.9. The fourth-order valence-electron chi connectivity index (χ4n) is 3.03. The summed E-state index contributed by atoms with van der Waals surface area (Å²) in [6.07, 6.45) is 2.51. The van der Waals surface area contributed by atoms with Gasteiger partial charge in [0.05, 0.1) is 5.69 Å². The number of halogens is 2. The first kappa shape index (κ1) is 22.4. The second-order valence-corrected chi connectivity index (χ2v) is 6.95. The van der Waals surface area contributed by atoms with Crippen LogP contribution in [0.15, 0.2) is 33.9 Å². The summed E-state index contributed by atoms with van der Waals surface area (Å²) in [5.74, 6) is 1.90. The van der Waals surface area contributed by atoms with Gasteiger partial charge in [-0.2, -0.15) is 0 Å². The second kappa shape index (κ2) is 10.6.